The van der Waals surface area contributed by atoms with Gasteiger partial charge in [-0.3, -0.25) is 0 Å². The van der Waals surface area contributed by atoms with Crippen molar-refractivity contribution in [1.82, 2.24) is 30.4 Å². The SMILES string of the molecule is COc1ccc(Cn2nnnc2SCc2nnc(-c3ccc(Cl)cc3)o2)cc1. The number of thioether (sulfide) groups is 1. The highest BCUT2D eigenvalue weighted by atomic mass is 35.5. The van der Waals surface area contributed by atoms with E-state index in [1.165, 1.54) is 11.8 Å². The van der Waals surface area contributed by atoms with Crippen molar-refractivity contribution in [2.75, 3.05) is 7.11 Å². The standard InChI is InChI=1S/C18H15ClN6O2S/c1-26-15-8-2-12(3-9-15)10-25-18(22-23-24-25)28-11-16-20-21-17(27-16)13-4-6-14(19)7-5-13/h2-9H,10-11H2,1H3. The van der Waals surface area contributed by atoms with Crippen LogP contribution in [-0.2, 0) is 12.3 Å². The Labute approximate surface area is 169 Å². The van der Waals surface area contributed by atoms with Gasteiger partial charge in [-0.1, -0.05) is 35.5 Å². The van der Waals surface area contributed by atoms with Crippen LogP contribution in [0, 0.1) is 0 Å². The fraction of sp³-hybridized carbons (Fsp3) is 0.167. The van der Waals surface area contributed by atoms with Crippen LogP contribution in [0.25, 0.3) is 11.5 Å². The highest BCUT2D eigenvalue weighted by Crippen LogP contribution is 2.24. The molecule has 2 aromatic carbocycles. The number of benzene rings is 2. The fourth-order valence-electron chi connectivity index (χ4n) is 2.45. The summed E-state index contributed by atoms with van der Waals surface area (Å²) in [6.07, 6.45) is 0. The molecule has 4 rings (SSSR count). The molecule has 0 unspecified atom stereocenters. The lowest BCUT2D eigenvalue weighted by molar-refractivity contribution is 0.414. The third kappa shape index (κ3) is 4.32. The first-order valence-electron chi connectivity index (χ1n) is 8.31. The summed E-state index contributed by atoms with van der Waals surface area (Å²) in [5, 5.41) is 21.4. The molecule has 0 atom stereocenters. The molecule has 0 spiro atoms. The molecule has 0 N–H and O–H groups in total. The number of rotatable bonds is 7. The molecule has 0 saturated heterocycles. The summed E-state index contributed by atoms with van der Waals surface area (Å²) in [5.74, 6) is 2.21. The molecule has 0 radical (unpaired) electrons. The average Bonchev–Trinajstić information content (AvgIpc) is 3.37. The van der Waals surface area contributed by atoms with Gasteiger partial charge in [-0.25, -0.2) is 4.68 Å². The van der Waals surface area contributed by atoms with Crippen molar-refractivity contribution in [3.8, 4) is 17.2 Å². The Morgan fingerprint density at radius 3 is 2.57 bits per heavy atom. The molecule has 8 nitrogen and oxygen atoms in total. The number of methoxy groups -OCH3 is 1. The summed E-state index contributed by atoms with van der Waals surface area (Å²) < 4.78 is 12.6. The Morgan fingerprint density at radius 1 is 1.04 bits per heavy atom. The molecule has 0 aliphatic carbocycles. The predicted octanol–water partition coefficient (Wildman–Crippen LogP) is 3.73. The van der Waals surface area contributed by atoms with E-state index in [1.54, 1.807) is 23.9 Å². The number of tetrazole rings is 1. The molecular formula is C18H15ClN6O2S. The summed E-state index contributed by atoms with van der Waals surface area (Å²) in [5.41, 5.74) is 1.88. The van der Waals surface area contributed by atoms with Crippen molar-refractivity contribution in [3.63, 3.8) is 0 Å². The van der Waals surface area contributed by atoms with E-state index in [0.29, 0.717) is 34.3 Å². The Morgan fingerprint density at radius 2 is 1.82 bits per heavy atom. The topological polar surface area (TPSA) is 91.8 Å². The Bertz CT molecular complexity index is 1050. The second-order valence-corrected chi connectivity index (χ2v) is 7.14. The van der Waals surface area contributed by atoms with Gasteiger partial charge in [0.15, 0.2) is 0 Å². The van der Waals surface area contributed by atoms with Gasteiger partial charge >= 0.3 is 0 Å². The molecule has 2 heterocycles. The summed E-state index contributed by atoms with van der Waals surface area (Å²) in [6, 6.07) is 15.0. The number of hydrogen-bond acceptors (Lipinski definition) is 8. The Hall–Kier alpha value is -2.91. The molecule has 10 heteroatoms. The molecule has 28 heavy (non-hydrogen) atoms. The highest BCUT2D eigenvalue weighted by molar-refractivity contribution is 7.98. The van der Waals surface area contributed by atoms with Crippen LogP contribution in [0.15, 0.2) is 58.1 Å². The van der Waals surface area contributed by atoms with Crippen molar-refractivity contribution in [2.45, 2.75) is 17.5 Å². The molecule has 142 valence electrons. The third-order valence-electron chi connectivity index (χ3n) is 3.87. The zero-order valence-electron chi connectivity index (χ0n) is 14.8. The van der Waals surface area contributed by atoms with Gasteiger partial charge in [-0.2, -0.15) is 0 Å². The first-order valence-corrected chi connectivity index (χ1v) is 9.68. The van der Waals surface area contributed by atoms with Gasteiger partial charge in [0, 0.05) is 10.6 Å². The summed E-state index contributed by atoms with van der Waals surface area (Å²) in [7, 11) is 1.64. The van der Waals surface area contributed by atoms with Crippen molar-refractivity contribution in [2.24, 2.45) is 0 Å². The van der Waals surface area contributed by atoms with Gasteiger partial charge in [-0.05, 0) is 52.4 Å². The van der Waals surface area contributed by atoms with Crippen LogP contribution in [0.2, 0.25) is 5.02 Å². The van der Waals surface area contributed by atoms with Crippen LogP contribution >= 0.6 is 23.4 Å². The lowest BCUT2D eigenvalue weighted by atomic mass is 10.2. The van der Waals surface area contributed by atoms with E-state index < -0.39 is 0 Å². The molecule has 0 saturated carbocycles. The minimum Gasteiger partial charge on any atom is -0.497 e. The van der Waals surface area contributed by atoms with Crippen molar-refractivity contribution in [1.29, 1.82) is 0 Å². The van der Waals surface area contributed by atoms with E-state index in [2.05, 4.69) is 25.7 Å². The van der Waals surface area contributed by atoms with Crippen molar-refractivity contribution < 1.29 is 9.15 Å². The smallest absolute Gasteiger partial charge is 0.247 e. The largest absolute Gasteiger partial charge is 0.497 e. The quantitative estimate of drug-likeness (QED) is 0.422. The molecule has 0 aliphatic heterocycles. The van der Waals surface area contributed by atoms with Crippen LogP contribution in [0.3, 0.4) is 0 Å². The maximum Gasteiger partial charge on any atom is 0.247 e. The summed E-state index contributed by atoms with van der Waals surface area (Å²) in [6.45, 7) is 0.555. The molecule has 2 aromatic heterocycles. The maximum absolute atomic E-state index is 5.90. The Kier molecular flexibility index (Phi) is 5.54. The predicted molar refractivity (Wildman–Crippen MR) is 104 cm³/mol. The van der Waals surface area contributed by atoms with E-state index in [1.807, 2.05) is 36.4 Å². The summed E-state index contributed by atoms with van der Waals surface area (Å²) in [4.78, 5) is 0. The number of nitrogens with zero attached hydrogens (tertiary/aromatic N) is 6. The second kappa shape index (κ2) is 8.41. The number of ether oxygens (including phenoxy) is 1. The van der Waals surface area contributed by atoms with Crippen LogP contribution in [0.4, 0.5) is 0 Å². The zero-order chi connectivity index (χ0) is 19.3. The molecule has 0 bridgehead atoms. The first-order chi connectivity index (χ1) is 13.7. The zero-order valence-corrected chi connectivity index (χ0v) is 16.4. The average molecular weight is 415 g/mol. The highest BCUT2D eigenvalue weighted by Gasteiger charge is 2.12. The van der Waals surface area contributed by atoms with Crippen LogP contribution in [-0.4, -0.2) is 37.5 Å². The van der Waals surface area contributed by atoms with Gasteiger partial charge in [-0.15, -0.1) is 15.3 Å². The number of aromatic nitrogens is 6. The van der Waals surface area contributed by atoms with Crippen LogP contribution in [0.5, 0.6) is 5.75 Å². The third-order valence-corrected chi connectivity index (χ3v) is 5.07. The molecule has 0 fully saturated rings. The lowest BCUT2D eigenvalue weighted by Gasteiger charge is -2.05. The van der Waals surface area contributed by atoms with Gasteiger partial charge in [0.05, 0.1) is 19.4 Å². The first kappa shape index (κ1) is 18.5. The molecule has 0 aliphatic rings. The lowest BCUT2D eigenvalue weighted by Crippen LogP contribution is -2.04. The van der Waals surface area contributed by atoms with Gasteiger partial charge in [0.25, 0.3) is 0 Å². The molecule has 4 aromatic rings. The van der Waals surface area contributed by atoms with Crippen LogP contribution in [0.1, 0.15) is 11.5 Å². The minimum atomic E-state index is 0.449. The second-order valence-electron chi connectivity index (χ2n) is 5.76. The van der Waals surface area contributed by atoms with Gasteiger partial charge < -0.3 is 9.15 Å². The van der Waals surface area contributed by atoms with E-state index in [0.717, 1.165) is 16.9 Å². The minimum absolute atomic E-state index is 0.449. The van der Waals surface area contributed by atoms with Gasteiger partial charge in [0.2, 0.25) is 16.9 Å². The number of hydrogen-bond donors (Lipinski definition) is 0. The molecular weight excluding hydrogens is 400 g/mol. The maximum atomic E-state index is 5.90. The molecule has 0 amide bonds. The van der Waals surface area contributed by atoms with E-state index >= 15 is 0 Å². The fourth-order valence-corrected chi connectivity index (χ4v) is 3.29. The monoisotopic (exact) mass is 414 g/mol. The normalized spacial score (nSPS) is 10.9. The van der Waals surface area contributed by atoms with Crippen molar-refractivity contribution in [3.05, 3.63) is 65.0 Å². The van der Waals surface area contributed by atoms with E-state index in [-0.39, 0.29) is 0 Å². The summed E-state index contributed by atoms with van der Waals surface area (Å²) >= 11 is 7.33. The van der Waals surface area contributed by atoms with E-state index in [9.17, 15) is 0 Å². The van der Waals surface area contributed by atoms with Crippen LogP contribution < -0.4 is 4.74 Å². The Balaban J connectivity index is 1.40. The number of halogens is 1. The van der Waals surface area contributed by atoms with Crippen molar-refractivity contribution >= 4 is 23.4 Å². The van der Waals surface area contributed by atoms with Gasteiger partial charge in [0.1, 0.15) is 5.75 Å². The van der Waals surface area contributed by atoms with E-state index in [4.69, 9.17) is 20.8 Å².